The molecule has 0 radical (unpaired) electrons. The number of carbonyl (C=O) groups is 2. The van der Waals surface area contributed by atoms with Gasteiger partial charge in [-0.25, -0.2) is 0 Å². The van der Waals surface area contributed by atoms with Gasteiger partial charge >= 0.3 is 0 Å². The van der Waals surface area contributed by atoms with Gasteiger partial charge in [-0.15, -0.1) is 0 Å². The van der Waals surface area contributed by atoms with Gasteiger partial charge in [0.1, 0.15) is 17.2 Å². The van der Waals surface area contributed by atoms with Crippen LogP contribution >= 0.6 is 0 Å². The zero-order valence-electron chi connectivity index (χ0n) is 18.7. The number of anilines is 2. The molecule has 34 heavy (non-hydrogen) atoms. The van der Waals surface area contributed by atoms with Crippen LogP contribution in [0.15, 0.2) is 91.0 Å². The van der Waals surface area contributed by atoms with E-state index in [1.165, 1.54) is 0 Å². The molecule has 4 aromatic rings. The van der Waals surface area contributed by atoms with E-state index in [9.17, 15) is 9.59 Å². The van der Waals surface area contributed by atoms with Gasteiger partial charge in [-0.2, -0.15) is 0 Å². The fourth-order valence-electron chi connectivity index (χ4n) is 4.16. The van der Waals surface area contributed by atoms with Gasteiger partial charge in [0.25, 0.3) is 0 Å². The first-order valence-electron chi connectivity index (χ1n) is 11.1. The van der Waals surface area contributed by atoms with E-state index in [0.29, 0.717) is 18.0 Å². The standard InChI is InChI=1S/C28H24N2O4/c1-33-23-15-11-22(12-16-23)30-18-20(17-27(30)31)28(32)29-21-9-13-24(14-10-21)34-26-8-4-6-19-5-2-3-7-25(19)26/h2-16,20H,17-18H2,1H3,(H,29,32)/t20-/m0/s1. The summed E-state index contributed by atoms with van der Waals surface area (Å²) in [4.78, 5) is 27.0. The lowest BCUT2D eigenvalue weighted by molar-refractivity contribution is -0.122. The first-order valence-corrected chi connectivity index (χ1v) is 11.1. The molecule has 1 fully saturated rings. The number of fused-ring (bicyclic) bond motifs is 1. The van der Waals surface area contributed by atoms with Gasteiger partial charge in [-0.05, 0) is 60.0 Å². The first kappa shape index (κ1) is 21.5. The fraction of sp³-hybridized carbons (Fsp3) is 0.143. The van der Waals surface area contributed by atoms with E-state index < -0.39 is 5.92 Å². The number of hydrogen-bond donors (Lipinski definition) is 1. The van der Waals surface area contributed by atoms with Crippen LogP contribution in [0.25, 0.3) is 10.8 Å². The Labute approximate surface area is 197 Å². The minimum absolute atomic E-state index is 0.0656. The maximum atomic E-state index is 12.8. The summed E-state index contributed by atoms with van der Waals surface area (Å²) in [6.45, 7) is 0.346. The summed E-state index contributed by atoms with van der Waals surface area (Å²) in [7, 11) is 1.60. The number of hydrogen-bond acceptors (Lipinski definition) is 4. The van der Waals surface area contributed by atoms with Crippen molar-refractivity contribution in [3.63, 3.8) is 0 Å². The Morgan fingerprint density at radius 2 is 1.59 bits per heavy atom. The first-order chi connectivity index (χ1) is 16.6. The molecular weight excluding hydrogens is 428 g/mol. The molecule has 170 valence electrons. The zero-order chi connectivity index (χ0) is 23.5. The van der Waals surface area contributed by atoms with Crippen molar-refractivity contribution in [3.8, 4) is 17.2 Å². The predicted octanol–water partition coefficient (Wildman–Crippen LogP) is 5.63. The molecule has 6 heteroatoms. The number of benzene rings is 4. The molecule has 2 amide bonds. The van der Waals surface area contributed by atoms with Crippen molar-refractivity contribution in [2.24, 2.45) is 5.92 Å². The van der Waals surface area contributed by atoms with Gasteiger partial charge in [-0.1, -0.05) is 36.4 Å². The number of methoxy groups -OCH3 is 1. The molecule has 0 unspecified atom stereocenters. The summed E-state index contributed by atoms with van der Waals surface area (Å²) in [5, 5.41) is 5.07. The molecule has 1 aliphatic heterocycles. The Morgan fingerprint density at radius 1 is 0.882 bits per heavy atom. The summed E-state index contributed by atoms with van der Waals surface area (Å²) >= 11 is 0. The average Bonchev–Trinajstić information content (AvgIpc) is 3.27. The molecule has 4 aromatic carbocycles. The largest absolute Gasteiger partial charge is 0.497 e. The molecule has 0 spiro atoms. The zero-order valence-corrected chi connectivity index (χ0v) is 18.7. The molecular formula is C28H24N2O4. The Balaban J connectivity index is 1.22. The summed E-state index contributed by atoms with van der Waals surface area (Å²) in [5.74, 6) is 1.52. The van der Waals surface area contributed by atoms with Crippen molar-refractivity contribution in [3.05, 3.63) is 91.0 Å². The van der Waals surface area contributed by atoms with Crippen LogP contribution in [0.4, 0.5) is 11.4 Å². The van der Waals surface area contributed by atoms with Crippen LogP contribution in [-0.2, 0) is 9.59 Å². The normalized spacial score (nSPS) is 15.4. The van der Waals surface area contributed by atoms with E-state index in [0.717, 1.165) is 28.0 Å². The van der Waals surface area contributed by atoms with E-state index in [-0.39, 0.29) is 18.2 Å². The second kappa shape index (κ2) is 9.27. The van der Waals surface area contributed by atoms with Crippen molar-refractivity contribution in [1.82, 2.24) is 0 Å². The Morgan fingerprint density at radius 3 is 2.35 bits per heavy atom. The fourth-order valence-corrected chi connectivity index (χ4v) is 4.16. The van der Waals surface area contributed by atoms with Gasteiger partial charge in [0.05, 0.1) is 13.0 Å². The average molecular weight is 453 g/mol. The summed E-state index contributed by atoms with van der Waals surface area (Å²) in [6, 6.07) is 28.5. The van der Waals surface area contributed by atoms with Crippen molar-refractivity contribution in [2.45, 2.75) is 6.42 Å². The minimum atomic E-state index is -0.416. The molecule has 1 N–H and O–H groups in total. The second-order valence-electron chi connectivity index (χ2n) is 8.20. The van der Waals surface area contributed by atoms with Crippen molar-refractivity contribution < 1.29 is 19.1 Å². The highest BCUT2D eigenvalue weighted by atomic mass is 16.5. The monoisotopic (exact) mass is 452 g/mol. The van der Waals surface area contributed by atoms with Gasteiger partial charge in [0.2, 0.25) is 11.8 Å². The van der Waals surface area contributed by atoms with E-state index in [1.54, 1.807) is 36.3 Å². The summed E-state index contributed by atoms with van der Waals surface area (Å²) < 4.78 is 11.2. The second-order valence-corrected chi connectivity index (χ2v) is 8.20. The van der Waals surface area contributed by atoms with E-state index in [4.69, 9.17) is 9.47 Å². The molecule has 1 saturated heterocycles. The van der Waals surface area contributed by atoms with Gasteiger partial charge in [0.15, 0.2) is 0 Å². The van der Waals surface area contributed by atoms with Crippen LogP contribution in [0.5, 0.6) is 17.2 Å². The van der Waals surface area contributed by atoms with E-state index in [2.05, 4.69) is 5.32 Å². The topological polar surface area (TPSA) is 67.9 Å². The lowest BCUT2D eigenvalue weighted by Crippen LogP contribution is -2.28. The number of nitrogens with one attached hydrogen (secondary N) is 1. The molecule has 0 saturated carbocycles. The van der Waals surface area contributed by atoms with E-state index in [1.807, 2.05) is 66.7 Å². The lowest BCUT2D eigenvalue weighted by Gasteiger charge is -2.17. The van der Waals surface area contributed by atoms with Crippen LogP contribution in [0, 0.1) is 5.92 Å². The van der Waals surface area contributed by atoms with Crippen LogP contribution in [0.2, 0.25) is 0 Å². The van der Waals surface area contributed by atoms with Gasteiger partial charge in [0, 0.05) is 29.7 Å². The molecule has 1 aliphatic rings. The maximum Gasteiger partial charge on any atom is 0.229 e. The molecule has 5 rings (SSSR count). The van der Waals surface area contributed by atoms with Crippen LogP contribution < -0.4 is 19.7 Å². The Kier molecular flexibility index (Phi) is 5.87. The Hall–Kier alpha value is -4.32. The molecule has 1 atom stereocenters. The third kappa shape index (κ3) is 4.43. The van der Waals surface area contributed by atoms with E-state index >= 15 is 0 Å². The maximum absolute atomic E-state index is 12.8. The van der Waals surface area contributed by atoms with Gasteiger partial charge in [-0.3, -0.25) is 9.59 Å². The highest BCUT2D eigenvalue weighted by molar-refractivity contribution is 6.03. The molecule has 0 bridgehead atoms. The summed E-state index contributed by atoms with van der Waals surface area (Å²) in [6.07, 6.45) is 0.181. The van der Waals surface area contributed by atoms with Crippen molar-refractivity contribution in [2.75, 3.05) is 23.9 Å². The van der Waals surface area contributed by atoms with Gasteiger partial charge < -0.3 is 19.7 Å². The summed E-state index contributed by atoms with van der Waals surface area (Å²) in [5.41, 5.74) is 1.42. The third-order valence-corrected chi connectivity index (χ3v) is 5.98. The lowest BCUT2D eigenvalue weighted by atomic mass is 10.1. The number of amides is 2. The van der Waals surface area contributed by atoms with Crippen molar-refractivity contribution in [1.29, 1.82) is 0 Å². The number of rotatable bonds is 6. The SMILES string of the molecule is COc1ccc(N2C[C@@H](C(=O)Nc3ccc(Oc4cccc5ccccc45)cc3)CC2=O)cc1. The molecule has 6 nitrogen and oxygen atoms in total. The molecule has 0 aliphatic carbocycles. The predicted molar refractivity (Wildman–Crippen MR) is 133 cm³/mol. The number of carbonyl (C=O) groups excluding carboxylic acids is 2. The smallest absolute Gasteiger partial charge is 0.229 e. The molecule has 1 heterocycles. The van der Waals surface area contributed by atoms with Crippen LogP contribution in [0.1, 0.15) is 6.42 Å². The number of nitrogens with zero attached hydrogens (tertiary/aromatic N) is 1. The minimum Gasteiger partial charge on any atom is -0.497 e. The van der Waals surface area contributed by atoms with Crippen LogP contribution in [0.3, 0.4) is 0 Å². The highest BCUT2D eigenvalue weighted by Crippen LogP contribution is 2.31. The quantitative estimate of drug-likeness (QED) is 0.412. The molecule has 0 aromatic heterocycles. The van der Waals surface area contributed by atoms with Crippen molar-refractivity contribution >= 4 is 34.0 Å². The van der Waals surface area contributed by atoms with Crippen LogP contribution in [-0.4, -0.2) is 25.5 Å². The third-order valence-electron chi connectivity index (χ3n) is 5.98. The highest BCUT2D eigenvalue weighted by Gasteiger charge is 2.35. The Bertz CT molecular complexity index is 1330. The number of ether oxygens (including phenoxy) is 2.